The number of carbonyl (C=O) groups excluding carboxylic acids is 2. The number of hydrogen-bond donors (Lipinski definition) is 2. The minimum atomic E-state index is -0.944. The van der Waals surface area contributed by atoms with E-state index in [4.69, 9.17) is 15.2 Å². The van der Waals surface area contributed by atoms with Crippen molar-refractivity contribution in [2.24, 2.45) is 5.73 Å². The van der Waals surface area contributed by atoms with Crippen LogP contribution in [0.2, 0.25) is 0 Å². The number of rotatable bonds is 4. The van der Waals surface area contributed by atoms with E-state index in [1.807, 2.05) is 5.32 Å². The second-order valence-corrected chi connectivity index (χ2v) is 2.88. The SMILES string of the molecule is CCOc1cccnc1OC(=O)NC(=O)CN. The van der Waals surface area contributed by atoms with E-state index in [-0.39, 0.29) is 12.4 Å². The summed E-state index contributed by atoms with van der Waals surface area (Å²) in [7, 11) is 0. The van der Waals surface area contributed by atoms with E-state index in [1.54, 1.807) is 19.1 Å². The number of hydrogen-bond acceptors (Lipinski definition) is 6. The largest absolute Gasteiger partial charge is 0.488 e. The van der Waals surface area contributed by atoms with E-state index in [0.717, 1.165) is 0 Å². The molecule has 3 N–H and O–H groups in total. The van der Waals surface area contributed by atoms with E-state index in [1.165, 1.54) is 6.20 Å². The molecule has 92 valence electrons. The van der Waals surface area contributed by atoms with Crippen LogP contribution in [0.3, 0.4) is 0 Å². The van der Waals surface area contributed by atoms with E-state index >= 15 is 0 Å². The van der Waals surface area contributed by atoms with Crippen LogP contribution in [0, 0.1) is 0 Å². The number of nitrogens with zero attached hydrogens (tertiary/aromatic N) is 1. The fourth-order valence-electron chi connectivity index (χ4n) is 0.996. The average Bonchev–Trinajstić information content (AvgIpc) is 2.31. The molecule has 0 aromatic carbocycles. The van der Waals surface area contributed by atoms with E-state index in [9.17, 15) is 9.59 Å². The summed E-state index contributed by atoms with van der Waals surface area (Å²) in [5.74, 6) is -0.314. The molecule has 1 aromatic heterocycles. The second-order valence-electron chi connectivity index (χ2n) is 2.88. The Labute approximate surface area is 97.9 Å². The molecule has 17 heavy (non-hydrogen) atoms. The van der Waals surface area contributed by atoms with Crippen molar-refractivity contribution < 1.29 is 19.1 Å². The van der Waals surface area contributed by atoms with Gasteiger partial charge in [0.25, 0.3) is 5.88 Å². The summed E-state index contributed by atoms with van der Waals surface area (Å²) < 4.78 is 10.0. The van der Waals surface area contributed by atoms with Crippen molar-refractivity contribution in [2.75, 3.05) is 13.2 Å². The predicted octanol–water partition coefficient (Wildman–Crippen LogP) is 0.0540. The zero-order valence-corrected chi connectivity index (χ0v) is 9.30. The third kappa shape index (κ3) is 4.07. The Kier molecular flexibility index (Phi) is 4.89. The van der Waals surface area contributed by atoms with Crippen molar-refractivity contribution in [2.45, 2.75) is 6.92 Å². The van der Waals surface area contributed by atoms with Crippen LogP contribution in [0.4, 0.5) is 4.79 Å². The number of nitrogens with one attached hydrogen (secondary N) is 1. The molecule has 0 fully saturated rings. The van der Waals surface area contributed by atoms with E-state index < -0.39 is 12.0 Å². The Morgan fingerprint density at radius 3 is 2.94 bits per heavy atom. The first-order valence-corrected chi connectivity index (χ1v) is 4.97. The quantitative estimate of drug-likeness (QED) is 0.769. The lowest BCUT2D eigenvalue weighted by atomic mass is 10.4. The number of imide groups is 1. The Morgan fingerprint density at radius 2 is 2.29 bits per heavy atom. The molecule has 0 atom stereocenters. The Balaban J connectivity index is 2.67. The summed E-state index contributed by atoms with van der Waals surface area (Å²) in [6.45, 7) is 1.90. The first-order chi connectivity index (χ1) is 8.17. The average molecular weight is 239 g/mol. The van der Waals surface area contributed by atoms with Gasteiger partial charge in [0.15, 0.2) is 5.75 Å². The molecular weight excluding hydrogens is 226 g/mol. The van der Waals surface area contributed by atoms with E-state index in [2.05, 4.69) is 4.98 Å². The van der Waals surface area contributed by atoms with Gasteiger partial charge in [-0.25, -0.2) is 9.78 Å². The molecule has 0 aliphatic heterocycles. The number of nitrogens with two attached hydrogens (primary N) is 1. The van der Waals surface area contributed by atoms with Crippen molar-refractivity contribution in [1.82, 2.24) is 10.3 Å². The van der Waals surface area contributed by atoms with Gasteiger partial charge in [-0.1, -0.05) is 0 Å². The van der Waals surface area contributed by atoms with Gasteiger partial charge in [-0.2, -0.15) is 0 Å². The lowest BCUT2D eigenvalue weighted by molar-refractivity contribution is -0.118. The highest BCUT2D eigenvalue weighted by Gasteiger charge is 2.12. The number of carbonyl (C=O) groups is 2. The normalized spacial score (nSPS) is 9.53. The molecule has 0 bridgehead atoms. The Morgan fingerprint density at radius 1 is 1.53 bits per heavy atom. The molecular formula is C10H13N3O4. The lowest BCUT2D eigenvalue weighted by Crippen LogP contribution is -2.37. The highest BCUT2D eigenvalue weighted by atomic mass is 16.6. The molecule has 0 aliphatic rings. The minimum absolute atomic E-state index is 0.00308. The van der Waals surface area contributed by atoms with Crippen molar-refractivity contribution in [3.63, 3.8) is 0 Å². The summed E-state index contributed by atoms with van der Waals surface area (Å²) >= 11 is 0. The maximum atomic E-state index is 11.2. The lowest BCUT2D eigenvalue weighted by Gasteiger charge is -2.08. The van der Waals surface area contributed by atoms with Crippen molar-refractivity contribution in [3.8, 4) is 11.6 Å². The summed E-state index contributed by atoms with van der Waals surface area (Å²) in [5.41, 5.74) is 5.03. The maximum Gasteiger partial charge on any atom is 0.420 e. The van der Waals surface area contributed by atoms with Crippen LogP contribution in [-0.2, 0) is 4.79 Å². The molecule has 7 heteroatoms. The third-order valence-electron chi connectivity index (χ3n) is 1.65. The van der Waals surface area contributed by atoms with Crippen LogP contribution in [0.5, 0.6) is 11.6 Å². The predicted molar refractivity (Wildman–Crippen MR) is 58.6 cm³/mol. The topological polar surface area (TPSA) is 104 Å². The molecule has 0 radical (unpaired) electrons. The van der Waals surface area contributed by atoms with Gasteiger partial charge in [0.1, 0.15) is 0 Å². The molecule has 7 nitrogen and oxygen atoms in total. The Hall–Kier alpha value is -2.15. The van der Waals surface area contributed by atoms with Gasteiger partial charge in [0.2, 0.25) is 5.91 Å². The molecule has 0 saturated carbocycles. The molecule has 1 aromatic rings. The summed E-state index contributed by atoms with van der Waals surface area (Å²) in [4.78, 5) is 25.9. The van der Waals surface area contributed by atoms with Crippen molar-refractivity contribution in [3.05, 3.63) is 18.3 Å². The molecule has 1 rings (SSSR count). The number of ether oxygens (including phenoxy) is 2. The van der Waals surface area contributed by atoms with Crippen LogP contribution in [-0.4, -0.2) is 30.1 Å². The van der Waals surface area contributed by atoms with Crippen LogP contribution in [0.15, 0.2) is 18.3 Å². The summed E-state index contributed by atoms with van der Waals surface area (Å²) in [6.07, 6.45) is 0.496. The van der Waals surface area contributed by atoms with Gasteiger partial charge in [-0.05, 0) is 19.1 Å². The first-order valence-electron chi connectivity index (χ1n) is 4.97. The van der Waals surface area contributed by atoms with Crippen molar-refractivity contribution >= 4 is 12.0 Å². The molecule has 0 spiro atoms. The van der Waals surface area contributed by atoms with Crippen molar-refractivity contribution in [1.29, 1.82) is 0 Å². The molecule has 0 saturated heterocycles. The van der Waals surface area contributed by atoms with Crippen LogP contribution in [0.1, 0.15) is 6.92 Å². The zero-order chi connectivity index (χ0) is 12.7. The van der Waals surface area contributed by atoms with Gasteiger partial charge in [-0.15, -0.1) is 0 Å². The number of aromatic nitrogens is 1. The smallest absolute Gasteiger partial charge is 0.420 e. The van der Waals surface area contributed by atoms with Gasteiger partial charge in [-0.3, -0.25) is 10.1 Å². The minimum Gasteiger partial charge on any atom is -0.488 e. The Bertz CT molecular complexity index is 408. The molecule has 0 unspecified atom stereocenters. The van der Waals surface area contributed by atoms with Crippen LogP contribution < -0.4 is 20.5 Å². The molecule has 0 aliphatic carbocycles. The summed E-state index contributed by atoms with van der Waals surface area (Å²) in [6, 6.07) is 3.24. The standard InChI is InChI=1S/C10H13N3O4/c1-2-16-7-4-3-5-12-9(7)17-10(15)13-8(14)6-11/h3-5H,2,6,11H2,1H3,(H,13,14,15). The van der Waals surface area contributed by atoms with Crippen LogP contribution in [0.25, 0.3) is 0 Å². The summed E-state index contributed by atoms with van der Waals surface area (Å²) in [5, 5.41) is 1.93. The third-order valence-corrected chi connectivity index (χ3v) is 1.65. The van der Waals surface area contributed by atoms with E-state index in [0.29, 0.717) is 12.4 Å². The van der Waals surface area contributed by atoms with Gasteiger partial charge < -0.3 is 15.2 Å². The fraction of sp³-hybridized carbons (Fsp3) is 0.300. The number of pyridine rings is 1. The first kappa shape index (κ1) is 12.9. The maximum absolute atomic E-state index is 11.2. The van der Waals surface area contributed by atoms with Crippen LogP contribution >= 0.6 is 0 Å². The number of amides is 2. The van der Waals surface area contributed by atoms with Gasteiger partial charge in [0.05, 0.1) is 13.2 Å². The van der Waals surface area contributed by atoms with Gasteiger partial charge in [0, 0.05) is 6.20 Å². The second kappa shape index (κ2) is 6.44. The fourth-order valence-corrected chi connectivity index (χ4v) is 0.996. The van der Waals surface area contributed by atoms with Gasteiger partial charge >= 0.3 is 6.09 Å². The highest BCUT2D eigenvalue weighted by Crippen LogP contribution is 2.23. The molecule has 2 amide bonds. The zero-order valence-electron chi connectivity index (χ0n) is 9.30. The highest BCUT2D eigenvalue weighted by molar-refractivity contribution is 5.93. The monoisotopic (exact) mass is 239 g/mol. The molecule has 1 heterocycles.